The third kappa shape index (κ3) is 4.29. The minimum atomic E-state index is -0.180. The van der Waals surface area contributed by atoms with E-state index in [1.54, 1.807) is 0 Å². The van der Waals surface area contributed by atoms with E-state index in [1.165, 1.54) is 6.08 Å². The van der Waals surface area contributed by atoms with Gasteiger partial charge in [0, 0.05) is 26.1 Å². The van der Waals surface area contributed by atoms with Crippen LogP contribution in [-0.2, 0) is 27.3 Å². The Kier molecular flexibility index (Phi) is 6.01. The molecule has 0 bridgehead atoms. The van der Waals surface area contributed by atoms with Gasteiger partial charge in [-0.3, -0.25) is 9.59 Å². The van der Waals surface area contributed by atoms with Crippen molar-refractivity contribution in [3.63, 3.8) is 0 Å². The van der Waals surface area contributed by atoms with Gasteiger partial charge in [0.15, 0.2) is 0 Å². The van der Waals surface area contributed by atoms with Crippen molar-refractivity contribution >= 4 is 22.8 Å². The van der Waals surface area contributed by atoms with Crippen molar-refractivity contribution in [2.45, 2.75) is 19.4 Å². The van der Waals surface area contributed by atoms with Crippen molar-refractivity contribution in [3.05, 3.63) is 42.7 Å². The molecule has 1 saturated heterocycles. The molecule has 2 amide bonds. The zero-order valence-electron chi connectivity index (χ0n) is 14.8. The molecule has 2 aromatic rings. The smallest absolute Gasteiger partial charge is 0.243 e. The number of para-hydroxylation sites is 2. The second-order valence-corrected chi connectivity index (χ2v) is 6.19. The molecule has 1 aromatic carbocycles. The lowest BCUT2D eigenvalue weighted by molar-refractivity contribution is -0.135. The maximum Gasteiger partial charge on any atom is 0.243 e. The Balaban J connectivity index is 1.72. The molecule has 3 rings (SSSR count). The van der Waals surface area contributed by atoms with Gasteiger partial charge in [0.05, 0.1) is 24.2 Å². The van der Waals surface area contributed by atoms with Crippen LogP contribution in [-0.4, -0.2) is 59.1 Å². The van der Waals surface area contributed by atoms with Gasteiger partial charge in [0.1, 0.15) is 12.4 Å². The lowest BCUT2D eigenvalue weighted by Gasteiger charge is -2.27. The Morgan fingerprint density at radius 1 is 1.27 bits per heavy atom. The first kappa shape index (κ1) is 18.1. The standard InChI is InChI=1S/C19H24N4O3/c1-2-18(24)20-9-5-8-17-21-15-6-3-4-7-16(15)23(17)14-19(25)22-10-12-26-13-11-22/h2-4,6-7H,1,5,8-14H2,(H,20,24). The van der Waals surface area contributed by atoms with Gasteiger partial charge in [0.2, 0.25) is 11.8 Å². The maximum atomic E-state index is 12.7. The number of imidazole rings is 1. The van der Waals surface area contributed by atoms with Gasteiger partial charge in [-0.25, -0.2) is 4.98 Å². The molecular formula is C19H24N4O3. The highest BCUT2D eigenvalue weighted by molar-refractivity contribution is 5.86. The van der Waals surface area contributed by atoms with E-state index in [-0.39, 0.29) is 18.4 Å². The van der Waals surface area contributed by atoms with E-state index in [4.69, 9.17) is 4.74 Å². The summed E-state index contributed by atoms with van der Waals surface area (Å²) in [5.74, 6) is 0.763. The number of rotatable bonds is 7. The predicted octanol–water partition coefficient (Wildman–Crippen LogP) is 1.13. The molecule has 7 nitrogen and oxygen atoms in total. The van der Waals surface area contributed by atoms with Crippen LogP contribution < -0.4 is 5.32 Å². The molecule has 1 aromatic heterocycles. The fraction of sp³-hybridized carbons (Fsp3) is 0.421. The minimum absolute atomic E-state index is 0.0812. The molecule has 0 spiro atoms. The molecule has 0 unspecified atom stereocenters. The summed E-state index contributed by atoms with van der Waals surface area (Å²) in [4.78, 5) is 30.4. The molecule has 0 atom stereocenters. The summed E-state index contributed by atoms with van der Waals surface area (Å²) in [5, 5.41) is 2.77. The van der Waals surface area contributed by atoms with Crippen LogP contribution in [0.15, 0.2) is 36.9 Å². The first-order chi connectivity index (χ1) is 12.7. The van der Waals surface area contributed by atoms with Crippen LogP contribution in [0, 0.1) is 0 Å². The fourth-order valence-corrected chi connectivity index (χ4v) is 3.07. The molecule has 0 radical (unpaired) electrons. The minimum Gasteiger partial charge on any atom is -0.378 e. The normalized spacial score (nSPS) is 14.4. The number of carbonyl (C=O) groups excluding carboxylic acids is 2. The van der Waals surface area contributed by atoms with E-state index in [1.807, 2.05) is 33.7 Å². The van der Waals surface area contributed by atoms with Gasteiger partial charge >= 0.3 is 0 Å². The van der Waals surface area contributed by atoms with E-state index in [0.29, 0.717) is 39.3 Å². The molecule has 1 aliphatic heterocycles. The molecular weight excluding hydrogens is 332 g/mol. The van der Waals surface area contributed by atoms with Crippen molar-refractivity contribution < 1.29 is 14.3 Å². The highest BCUT2D eigenvalue weighted by atomic mass is 16.5. The van der Waals surface area contributed by atoms with Crippen molar-refractivity contribution in [3.8, 4) is 0 Å². The average Bonchev–Trinajstić information content (AvgIpc) is 3.03. The quantitative estimate of drug-likeness (QED) is 0.596. The second-order valence-electron chi connectivity index (χ2n) is 6.19. The molecule has 1 fully saturated rings. The van der Waals surface area contributed by atoms with Crippen molar-refractivity contribution in [1.82, 2.24) is 19.8 Å². The van der Waals surface area contributed by atoms with Crippen LogP contribution in [0.25, 0.3) is 11.0 Å². The number of hydrogen-bond donors (Lipinski definition) is 1. The molecule has 0 saturated carbocycles. The summed E-state index contributed by atoms with van der Waals surface area (Å²) >= 11 is 0. The van der Waals surface area contributed by atoms with Crippen LogP contribution in [0.3, 0.4) is 0 Å². The first-order valence-corrected chi connectivity index (χ1v) is 8.89. The molecule has 2 heterocycles. The molecule has 138 valence electrons. The van der Waals surface area contributed by atoms with Gasteiger partial charge < -0.3 is 19.5 Å². The van der Waals surface area contributed by atoms with Gasteiger partial charge in [-0.1, -0.05) is 18.7 Å². The van der Waals surface area contributed by atoms with E-state index in [9.17, 15) is 9.59 Å². The third-order valence-corrected chi connectivity index (χ3v) is 4.45. The second kappa shape index (κ2) is 8.62. The number of benzene rings is 1. The van der Waals surface area contributed by atoms with Gasteiger partial charge in [-0.05, 0) is 24.6 Å². The summed E-state index contributed by atoms with van der Waals surface area (Å²) in [6.07, 6.45) is 2.69. The summed E-state index contributed by atoms with van der Waals surface area (Å²) in [5.41, 5.74) is 1.84. The summed E-state index contributed by atoms with van der Waals surface area (Å²) in [6.45, 7) is 6.70. The predicted molar refractivity (Wildman–Crippen MR) is 98.7 cm³/mol. The zero-order chi connectivity index (χ0) is 18.4. The Bertz CT molecular complexity index is 793. The van der Waals surface area contributed by atoms with E-state index in [2.05, 4.69) is 16.9 Å². The number of nitrogens with one attached hydrogen (secondary N) is 1. The summed E-state index contributed by atoms with van der Waals surface area (Å²) in [6, 6.07) is 7.83. The van der Waals surface area contributed by atoms with E-state index in [0.717, 1.165) is 23.3 Å². The molecule has 0 aliphatic carbocycles. The maximum absolute atomic E-state index is 12.7. The number of aromatic nitrogens is 2. The number of fused-ring (bicyclic) bond motifs is 1. The Morgan fingerprint density at radius 2 is 2.04 bits per heavy atom. The van der Waals surface area contributed by atoms with E-state index >= 15 is 0 Å². The highest BCUT2D eigenvalue weighted by Gasteiger charge is 2.20. The van der Waals surface area contributed by atoms with Gasteiger partial charge in [-0.2, -0.15) is 0 Å². The van der Waals surface area contributed by atoms with Crippen molar-refractivity contribution in [1.29, 1.82) is 0 Å². The molecule has 7 heteroatoms. The van der Waals surface area contributed by atoms with Crippen LogP contribution in [0.4, 0.5) is 0 Å². The van der Waals surface area contributed by atoms with Crippen LogP contribution in [0.5, 0.6) is 0 Å². The summed E-state index contributed by atoms with van der Waals surface area (Å²) < 4.78 is 7.31. The number of morpholine rings is 1. The third-order valence-electron chi connectivity index (χ3n) is 4.45. The number of carbonyl (C=O) groups is 2. The lowest BCUT2D eigenvalue weighted by Crippen LogP contribution is -2.42. The highest BCUT2D eigenvalue weighted by Crippen LogP contribution is 2.17. The van der Waals surface area contributed by atoms with Crippen molar-refractivity contribution in [2.75, 3.05) is 32.8 Å². The monoisotopic (exact) mass is 356 g/mol. The fourth-order valence-electron chi connectivity index (χ4n) is 3.07. The molecule has 26 heavy (non-hydrogen) atoms. The van der Waals surface area contributed by atoms with E-state index < -0.39 is 0 Å². The lowest BCUT2D eigenvalue weighted by atomic mass is 10.3. The Hall–Kier alpha value is -2.67. The van der Waals surface area contributed by atoms with Crippen LogP contribution in [0.1, 0.15) is 12.2 Å². The largest absolute Gasteiger partial charge is 0.378 e. The van der Waals surface area contributed by atoms with Crippen LogP contribution in [0.2, 0.25) is 0 Å². The van der Waals surface area contributed by atoms with Gasteiger partial charge in [0.25, 0.3) is 0 Å². The topological polar surface area (TPSA) is 76.5 Å². The number of nitrogens with zero attached hydrogens (tertiary/aromatic N) is 3. The summed E-state index contributed by atoms with van der Waals surface area (Å²) in [7, 11) is 0. The number of hydrogen-bond acceptors (Lipinski definition) is 4. The van der Waals surface area contributed by atoms with Crippen molar-refractivity contribution in [2.24, 2.45) is 0 Å². The van der Waals surface area contributed by atoms with Crippen LogP contribution >= 0.6 is 0 Å². The van der Waals surface area contributed by atoms with Gasteiger partial charge in [-0.15, -0.1) is 0 Å². The number of amides is 2. The number of ether oxygens (including phenoxy) is 1. The molecule has 1 aliphatic rings. The molecule has 1 N–H and O–H groups in total. The zero-order valence-corrected chi connectivity index (χ0v) is 14.8. The SMILES string of the molecule is C=CC(=O)NCCCc1nc2ccccc2n1CC(=O)N1CCOCC1. The Morgan fingerprint density at radius 3 is 2.81 bits per heavy atom. The first-order valence-electron chi connectivity index (χ1n) is 8.89. The average molecular weight is 356 g/mol. The Labute approximate surface area is 152 Å². The number of aryl methyl sites for hydroxylation is 1.